The Morgan fingerprint density at radius 3 is 2.30 bits per heavy atom. The second kappa shape index (κ2) is 8.26. The molecule has 3 unspecified atom stereocenters. The topological polar surface area (TPSA) is 52.0 Å². The van der Waals surface area contributed by atoms with Crippen molar-refractivity contribution in [2.24, 2.45) is 22.4 Å². The third-order valence-corrected chi connectivity index (χ3v) is 9.79. The van der Waals surface area contributed by atoms with E-state index in [2.05, 4.69) is 123 Å². The maximum absolute atomic E-state index is 9.25. The van der Waals surface area contributed by atoms with Gasteiger partial charge < -0.3 is 4.90 Å². The maximum atomic E-state index is 9.25. The fraction of sp³-hybridized carbons (Fsp3) is 0.394. The molecule has 1 aromatic rings. The molecule has 6 rings (SSSR count). The van der Waals surface area contributed by atoms with Crippen molar-refractivity contribution in [3.05, 3.63) is 122 Å². The minimum absolute atomic E-state index is 0.0962. The van der Waals surface area contributed by atoms with Crippen LogP contribution in [0.2, 0.25) is 0 Å². The number of anilines is 1. The van der Waals surface area contributed by atoms with Gasteiger partial charge in [-0.15, -0.1) is 0 Å². The molecule has 1 aliphatic heterocycles. The van der Waals surface area contributed by atoms with E-state index in [0.717, 1.165) is 24.1 Å². The highest BCUT2D eigenvalue weighted by molar-refractivity contribution is 5.66. The standard InChI is InChI=1S/C33H36N4/c1-20-15-24-19-28(35-36-34)27-17-21(2)14-23-18-22(26(16-20)30(24)31(23)27)12-13-29-32(3,4)33(5,6)37(29)25-10-8-7-9-11-25/h7-11,14-19,29-31H,12-13H2,1-6H3. The van der Waals surface area contributed by atoms with Gasteiger partial charge in [0.15, 0.2) is 0 Å². The molecular weight excluding hydrogens is 452 g/mol. The molecule has 1 saturated heterocycles. The first-order valence-corrected chi connectivity index (χ1v) is 13.5. The number of nitrogens with zero attached hydrogens (tertiary/aromatic N) is 4. The number of rotatable bonds is 5. The largest absolute Gasteiger partial charge is 0.362 e. The summed E-state index contributed by atoms with van der Waals surface area (Å²) in [6, 6.07) is 11.4. The van der Waals surface area contributed by atoms with Crippen molar-refractivity contribution in [2.75, 3.05) is 4.90 Å². The molecule has 0 spiro atoms. The molecule has 188 valence electrons. The average Bonchev–Trinajstić information content (AvgIpc) is 2.85. The van der Waals surface area contributed by atoms with Crippen LogP contribution in [-0.4, -0.2) is 11.6 Å². The molecule has 0 N–H and O–H groups in total. The normalized spacial score (nSPS) is 28.4. The van der Waals surface area contributed by atoms with E-state index in [0.29, 0.717) is 12.0 Å². The van der Waals surface area contributed by atoms with Crippen LogP contribution in [-0.2, 0) is 0 Å². The van der Waals surface area contributed by atoms with E-state index in [1.165, 1.54) is 39.1 Å². The summed E-state index contributed by atoms with van der Waals surface area (Å²) < 4.78 is 0. The van der Waals surface area contributed by atoms with Gasteiger partial charge in [-0.1, -0.05) is 78.7 Å². The number of hydrogen-bond donors (Lipinski definition) is 0. The Morgan fingerprint density at radius 1 is 0.865 bits per heavy atom. The summed E-state index contributed by atoms with van der Waals surface area (Å²) in [5.74, 6) is 0.520. The first kappa shape index (κ1) is 23.9. The van der Waals surface area contributed by atoms with E-state index in [1.807, 2.05) is 0 Å². The summed E-state index contributed by atoms with van der Waals surface area (Å²) in [5, 5.41) is 4.10. The highest BCUT2D eigenvalue weighted by atomic mass is 15.3. The van der Waals surface area contributed by atoms with E-state index >= 15 is 0 Å². The Morgan fingerprint density at radius 2 is 1.57 bits per heavy atom. The average molecular weight is 489 g/mol. The van der Waals surface area contributed by atoms with Crippen LogP contribution in [0.15, 0.2) is 117 Å². The van der Waals surface area contributed by atoms with Gasteiger partial charge in [-0.3, -0.25) is 0 Å². The van der Waals surface area contributed by atoms with Crippen molar-refractivity contribution < 1.29 is 0 Å². The monoisotopic (exact) mass is 488 g/mol. The zero-order chi connectivity index (χ0) is 26.1. The zero-order valence-corrected chi connectivity index (χ0v) is 22.8. The lowest BCUT2D eigenvalue weighted by molar-refractivity contribution is 0.0260. The van der Waals surface area contributed by atoms with Crippen molar-refractivity contribution >= 4 is 5.69 Å². The molecule has 37 heavy (non-hydrogen) atoms. The van der Waals surface area contributed by atoms with Gasteiger partial charge in [0.25, 0.3) is 0 Å². The first-order valence-electron chi connectivity index (χ1n) is 13.5. The van der Waals surface area contributed by atoms with Gasteiger partial charge in [0, 0.05) is 45.1 Å². The smallest absolute Gasteiger partial charge is 0.0419 e. The fourth-order valence-corrected chi connectivity index (χ4v) is 7.47. The van der Waals surface area contributed by atoms with Crippen LogP contribution in [0, 0.1) is 17.3 Å². The molecule has 0 bridgehead atoms. The van der Waals surface area contributed by atoms with Gasteiger partial charge in [-0.05, 0) is 92.1 Å². The molecule has 4 aliphatic carbocycles. The fourth-order valence-electron chi connectivity index (χ4n) is 7.47. The van der Waals surface area contributed by atoms with Crippen molar-refractivity contribution in [3.63, 3.8) is 0 Å². The molecule has 0 saturated carbocycles. The van der Waals surface area contributed by atoms with Crippen molar-refractivity contribution in [1.82, 2.24) is 0 Å². The second-order valence-corrected chi connectivity index (χ2v) is 12.4. The molecule has 4 nitrogen and oxygen atoms in total. The van der Waals surface area contributed by atoms with Gasteiger partial charge >= 0.3 is 0 Å². The van der Waals surface area contributed by atoms with Crippen molar-refractivity contribution in [3.8, 4) is 0 Å². The minimum atomic E-state index is 0.0962. The molecule has 4 heteroatoms. The molecule has 0 radical (unpaired) electrons. The van der Waals surface area contributed by atoms with E-state index in [4.69, 9.17) is 0 Å². The minimum Gasteiger partial charge on any atom is -0.362 e. The predicted molar refractivity (Wildman–Crippen MR) is 153 cm³/mol. The first-order chi connectivity index (χ1) is 17.6. The van der Waals surface area contributed by atoms with Gasteiger partial charge in [0.2, 0.25) is 0 Å². The molecule has 1 heterocycles. The van der Waals surface area contributed by atoms with Crippen LogP contribution in [0.4, 0.5) is 5.69 Å². The van der Waals surface area contributed by atoms with Crippen LogP contribution < -0.4 is 4.90 Å². The number of azide groups is 1. The van der Waals surface area contributed by atoms with E-state index < -0.39 is 0 Å². The summed E-state index contributed by atoms with van der Waals surface area (Å²) >= 11 is 0. The number of para-hydroxylation sites is 1. The third kappa shape index (κ3) is 3.46. The lowest BCUT2D eigenvalue weighted by atomic mass is 9.57. The summed E-state index contributed by atoms with van der Waals surface area (Å²) in [5.41, 5.74) is 20.8. The number of benzene rings is 1. The molecule has 3 atom stereocenters. The van der Waals surface area contributed by atoms with Crippen LogP contribution in [0.1, 0.15) is 54.4 Å². The van der Waals surface area contributed by atoms with Crippen molar-refractivity contribution in [1.29, 1.82) is 0 Å². The molecular formula is C33H36N4. The predicted octanol–water partition coefficient (Wildman–Crippen LogP) is 8.91. The van der Waals surface area contributed by atoms with Crippen LogP contribution in [0.25, 0.3) is 10.4 Å². The Hall–Kier alpha value is -3.49. The van der Waals surface area contributed by atoms with Gasteiger partial charge in [0.1, 0.15) is 0 Å². The van der Waals surface area contributed by atoms with Gasteiger partial charge in [0.05, 0.1) is 0 Å². The zero-order valence-electron chi connectivity index (χ0n) is 22.8. The molecule has 0 amide bonds. The van der Waals surface area contributed by atoms with Gasteiger partial charge in [-0.25, -0.2) is 0 Å². The Kier molecular flexibility index (Phi) is 5.33. The maximum Gasteiger partial charge on any atom is 0.0419 e. The molecule has 0 aromatic heterocycles. The van der Waals surface area contributed by atoms with E-state index in [1.54, 1.807) is 0 Å². The van der Waals surface area contributed by atoms with Gasteiger partial charge in [-0.2, -0.15) is 0 Å². The second-order valence-electron chi connectivity index (χ2n) is 12.4. The lowest BCUT2D eigenvalue weighted by Gasteiger charge is -2.69. The molecule has 1 aromatic carbocycles. The Balaban J connectivity index is 1.39. The van der Waals surface area contributed by atoms with Crippen LogP contribution >= 0.6 is 0 Å². The van der Waals surface area contributed by atoms with E-state index in [9.17, 15) is 5.53 Å². The quantitative estimate of drug-likeness (QED) is 0.232. The third-order valence-electron chi connectivity index (χ3n) is 9.79. The summed E-state index contributed by atoms with van der Waals surface area (Å²) in [4.78, 5) is 5.79. The summed E-state index contributed by atoms with van der Waals surface area (Å²) in [6.45, 7) is 14.0. The van der Waals surface area contributed by atoms with Crippen LogP contribution in [0.3, 0.4) is 0 Å². The van der Waals surface area contributed by atoms with Crippen LogP contribution in [0.5, 0.6) is 0 Å². The Labute approximate surface area is 220 Å². The van der Waals surface area contributed by atoms with E-state index in [-0.39, 0.29) is 16.9 Å². The number of hydrogen-bond acceptors (Lipinski definition) is 2. The summed E-state index contributed by atoms with van der Waals surface area (Å²) in [6.07, 6.45) is 16.0. The molecule has 5 aliphatic rings. The highest BCUT2D eigenvalue weighted by Crippen LogP contribution is 2.57. The van der Waals surface area contributed by atoms with Crippen molar-refractivity contribution in [2.45, 2.75) is 66.0 Å². The highest BCUT2D eigenvalue weighted by Gasteiger charge is 2.59. The number of allylic oxidation sites excluding steroid dienone is 13. The summed E-state index contributed by atoms with van der Waals surface area (Å²) in [7, 11) is 0. The molecule has 1 fully saturated rings. The SMILES string of the molecule is CC1=CC2=CC(CCC3N(c4ccccc4)C(C)(C)C3(C)C)=C3C=C(C)C=C4C=C(N=[N+]=[N-])C(=C1)C2C43. The lowest BCUT2D eigenvalue weighted by Crippen LogP contribution is -2.76. The Bertz CT molecular complexity index is 1450.